The molecule has 1 spiro atoms. The molecule has 3 fully saturated rings. The van der Waals surface area contributed by atoms with E-state index >= 15 is 0 Å². The summed E-state index contributed by atoms with van der Waals surface area (Å²) < 4.78 is 43.0. The van der Waals surface area contributed by atoms with Gasteiger partial charge in [0, 0.05) is 48.8 Å². The van der Waals surface area contributed by atoms with E-state index < -0.39 is 26.8 Å². The zero-order chi connectivity index (χ0) is 37.8. The molecule has 4 aliphatic heterocycles. The Morgan fingerprint density at radius 3 is 2.69 bits per heavy atom. The summed E-state index contributed by atoms with van der Waals surface area (Å²) in [7, 11) is -2.23. The van der Waals surface area contributed by atoms with Gasteiger partial charge in [0.2, 0.25) is 15.9 Å². The number of nitrogens with zero attached hydrogens (tertiary/aromatic N) is 3. The van der Waals surface area contributed by atoms with Crippen LogP contribution >= 0.6 is 11.6 Å². The first-order valence-corrected chi connectivity index (χ1v) is 21.9. The van der Waals surface area contributed by atoms with E-state index in [1.807, 2.05) is 30.0 Å². The van der Waals surface area contributed by atoms with Crippen molar-refractivity contribution >= 4 is 39.1 Å². The van der Waals surface area contributed by atoms with Crippen LogP contribution in [0.1, 0.15) is 86.7 Å². The number of hydrogen-bond donors (Lipinski definition) is 1. The van der Waals surface area contributed by atoms with Crippen LogP contribution in [0, 0.1) is 17.8 Å². The summed E-state index contributed by atoms with van der Waals surface area (Å²) in [6, 6.07) is 11.9. The van der Waals surface area contributed by atoms with E-state index in [2.05, 4.69) is 38.8 Å². The lowest BCUT2D eigenvalue weighted by molar-refractivity contribution is -0.149. The Kier molecular flexibility index (Phi) is 10.3. The Morgan fingerprint density at radius 2 is 1.89 bits per heavy atom. The van der Waals surface area contributed by atoms with Gasteiger partial charge in [0.25, 0.3) is 5.91 Å². The van der Waals surface area contributed by atoms with Crippen molar-refractivity contribution in [3.63, 3.8) is 0 Å². The number of anilines is 1. The normalized spacial score (nSPS) is 34.7. The molecule has 6 aliphatic rings. The van der Waals surface area contributed by atoms with Gasteiger partial charge in [-0.15, -0.1) is 0 Å². The number of halogens is 1. The quantitative estimate of drug-likeness (QED) is 0.381. The number of hydrogen-bond acceptors (Lipinski definition) is 8. The molecule has 1 saturated carbocycles. The van der Waals surface area contributed by atoms with Crippen molar-refractivity contribution in [3.8, 4) is 5.75 Å². The second-order valence-electron chi connectivity index (χ2n) is 17.1. The predicted molar refractivity (Wildman–Crippen MR) is 211 cm³/mol. The van der Waals surface area contributed by atoms with Gasteiger partial charge in [-0.2, -0.15) is 0 Å². The fraction of sp³-hybridized carbons (Fsp3) is 0.619. The lowest BCUT2D eigenvalue weighted by atomic mass is 9.63. The van der Waals surface area contributed by atoms with Gasteiger partial charge in [-0.25, -0.2) is 13.1 Å². The number of piperidine rings is 1. The van der Waals surface area contributed by atoms with Crippen LogP contribution in [0.15, 0.2) is 48.6 Å². The van der Waals surface area contributed by atoms with Gasteiger partial charge in [0.15, 0.2) is 0 Å². The van der Waals surface area contributed by atoms with Gasteiger partial charge in [-0.3, -0.25) is 14.5 Å². The Bertz CT molecular complexity index is 1920. The van der Waals surface area contributed by atoms with Crippen molar-refractivity contribution < 1.29 is 27.5 Å². The molecule has 2 amide bonds. The van der Waals surface area contributed by atoms with Gasteiger partial charge in [0.05, 0.1) is 30.6 Å². The fourth-order valence-corrected chi connectivity index (χ4v) is 11.8. The maximum absolute atomic E-state index is 13.8. The van der Waals surface area contributed by atoms with E-state index in [0.29, 0.717) is 57.5 Å². The van der Waals surface area contributed by atoms with Crippen LogP contribution in [-0.2, 0) is 31.4 Å². The maximum Gasteiger partial charge on any atom is 0.264 e. The second kappa shape index (κ2) is 14.8. The van der Waals surface area contributed by atoms with Crippen LogP contribution in [0.4, 0.5) is 5.69 Å². The van der Waals surface area contributed by atoms with Gasteiger partial charge < -0.3 is 19.3 Å². The summed E-state index contributed by atoms with van der Waals surface area (Å²) >= 11 is 6.50. The van der Waals surface area contributed by atoms with Crippen LogP contribution in [0.2, 0.25) is 5.02 Å². The van der Waals surface area contributed by atoms with E-state index in [-0.39, 0.29) is 34.6 Å². The Labute approximate surface area is 325 Å². The molecule has 2 aromatic rings. The molecule has 12 heteroatoms. The Hall–Kier alpha value is -3.12. The minimum absolute atomic E-state index is 0.118. The average Bonchev–Trinajstić information content (AvgIpc) is 3.29. The van der Waals surface area contributed by atoms with E-state index in [0.717, 1.165) is 62.2 Å². The van der Waals surface area contributed by atoms with Gasteiger partial charge in [-0.05, 0) is 124 Å². The van der Waals surface area contributed by atoms with Crippen molar-refractivity contribution in [1.82, 2.24) is 14.5 Å². The maximum atomic E-state index is 13.8. The number of carbonyl (C=O) groups excluding carboxylic acids is 2. The molecule has 2 bridgehead atoms. The Balaban J connectivity index is 1.20. The molecule has 54 heavy (non-hydrogen) atoms. The van der Waals surface area contributed by atoms with Crippen LogP contribution in [0.25, 0.3) is 0 Å². The fourth-order valence-electron chi connectivity index (χ4n) is 10.4. The first kappa shape index (κ1) is 37.8. The first-order valence-electron chi connectivity index (χ1n) is 20.0. The first-order chi connectivity index (χ1) is 25.9. The number of sulfonamides is 1. The molecule has 292 valence electrons. The number of aryl methyl sites for hydroxylation is 1. The molecule has 2 aromatic carbocycles. The third-order valence-corrected chi connectivity index (χ3v) is 16.1. The van der Waals surface area contributed by atoms with E-state index in [4.69, 9.17) is 21.1 Å². The Morgan fingerprint density at radius 1 is 1.04 bits per heavy atom. The molecule has 10 nitrogen and oxygen atoms in total. The number of allylic oxidation sites excluding steroid dienone is 1. The minimum Gasteiger partial charge on any atom is -0.490 e. The molecule has 7 atom stereocenters. The van der Waals surface area contributed by atoms with E-state index in [9.17, 15) is 18.0 Å². The van der Waals surface area contributed by atoms with Crippen molar-refractivity contribution in [2.75, 3.05) is 57.9 Å². The third-order valence-electron chi connectivity index (χ3n) is 13.9. The highest BCUT2D eigenvalue weighted by Crippen LogP contribution is 2.49. The molecule has 8 rings (SSSR count). The SMILES string of the molecule is CO[C@]1(CN2C[C@H]3CCCCN3CC2=O)/C=C\C[C@H](C)[C@@H](C)S(=O)(=O)NC(=O)c2ccc3c(c2)N(C[C@@H]2CC[C@H]21)C[C@@]1(CCCc2cc(Cl)ccc21)CO3. The van der Waals surface area contributed by atoms with Crippen molar-refractivity contribution in [1.29, 1.82) is 0 Å². The zero-order valence-corrected chi connectivity index (χ0v) is 33.5. The number of amides is 2. The summed E-state index contributed by atoms with van der Waals surface area (Å²) in [6.45, 7) is 8.00. The molecule has 0 aromatic heterocycles. The van der Waals surface area contributed by atoms with Crippen molar-refractivity contribution in [2.45, 2.75) is 93.9 Å². The van der Waals surface area contributed by atoms with Gasteiger partial charge in [0.1, 0.15) is 11.4 Å². The van der Waals surface area contributed by atoms with Crippen molar-refractivity contribution in [2.24, 2.45) is 17.8 Å². The smallest absolute Gasteiger partial charge is 0.264 e. The topological polar surface area (TPSA) is 108 Å². The highest BCUT2D eigenvalue weighted by Gasteiger charge is 2.51. The largest absolute Gasteiger partial charge is 0.490 e. The highest BCUT2D eigenvalue weighted by atomic mass is 35.5. The number of ether oxygens (including phenoxy) is 2. The number of methoxy groups -OCH3 is 1. The summed E-state index contributed by atoms with van der Waals surface area (Å²) in [6.07, 6.45) is 13.0. The zero-order valence-electron chi connectivity index (χ0n) is 31.9. The number of carbonyl (C=O) groups is 2. The van der Waals surface area contributed by atoms with E-state index in [1.54, 1.807) is 20.1 Å². The van der Waals surface area contributed by atoms with Gasteiger partial charge >= 0.3 is 0 Å². The number of nitrogens with one attached hydrogen (secondary N) is 1. The molecular formula is C42H55ClN4O6S. The van der Waals surface area contributed by atoms with Crippen molar-refractivity contribution in [3.05, 3.63) is 70.3 Å². The minimum atomic E-state index is -4.00. The van der Waals surface area contributed by atoms with Crippen LogP contribution in [-0.4, -0.2) is 99.9 Å². The molecule has 0 radical (unpaired) electrons. The molecule has 2 aliphatic carbocycles. The molecule has 1 N–H and O–H groups in total. The number of piperazine rings is 1. The van der Waals surface area contributed by atoms with Crippen LogP contribution in [0.5, 0.6) is 5.75 Å². The molecular weight excluding hydrogens is 724 g/mol. The van der Waals surface area contributed by atoms with Crippen LogP contribution in [0.3, 0.4) is 0 Å². The number of fused-ring (bicyclic) bond motifs is 5. The summed E-state index contributed by atoms with van der Waals surface area (Å²) in [5, 5.41) is -0.0960. The predicted octanol–water partition coefficient (Wildman–Crippen LogP) is 5.97. The summed E-state index contributed by atoms with van der Waals surface area (Å²) in [5.41, 5.74) is 2.52. The summed E-state index contributed by atoms with van der Waals surface area (Å²) in [4.78, 5) is 34.2. The monoisotopic (exact) mass is 778 g/mol. The molecule has 0 unspecified atom stereocenters. The lowest BCUT2D eigenvalue weighted by Gasteiger charge is -2.53. The van der Waals surface area contributed by atoms with E-state index in [1.165, 1.54) is 17.5 Å². The summed E-state index contributed by atoms with van der Waals surface area (Å²) in [5.74, 6) is 0.263. The van der Waals surface area contributed by atoms with Crippen LogP contribution < -0.4 is 14.4 Å². The lowest BCUT2D eigenvalue weighted by Crippen LogP contribution is -2.63. The highest BCUT2D eigenvalue weighted by molar-refractivity contribution is 7.90. The molecule has 4 heterocycles. The van der Waals surface area contributed by atoms with Gasteiger partial charge in [-0.1, -0.05) is 43.2 Å². The standard InChI is InChI=1S/C42H55ClN4O6S/c1-28-8-6-18-42(52-3,26-47-23-34-10-4-5-19-45(34)24-39(47)48)36-14-11-32(36)22-46-25-41(17-7-9-30-20-33(43)13-15-35(30)41)27-53-38-16-12-31(21-37(38)46)40(49)44-54(50,51)29(28)2/h6,12-13,15-16,18,20-21,28-29,32,34,36H,4-5,7-11,14,17,19,22-27H2,1-3H3,(H,44,49)/b18-6-/t28-,29+,32-,34+,36+,41-,42-/m0/s1. The second-order valence-corrected chi connectivity index (χ2v) is 19.6. The third kappa shape index (κ3) is 6.96. The number of rotatable bonds is 3. The number of benzene rings is 2. The average molecular weight is 779 g/mol. The molecule has 2 saturated heterocycles.